The molecule has 0 aliphatic carbocycles. The van der Waals surface area contributed by atoms with E-state index in [1.165, 1.54) is 41.3 Å². The molecule has 2 amide bonds. The van der Waals surface area contributed by atoms with E-state index < -0.39 is 17.6 Å². The topological polar surface area (TPSA) is 114 Å². The average Bonchev–Trinajstić information content (AvgIpc) is 3.38. The van der Waals surface area contributed by atoms with Crippen molar-refractivity contribution in [1.29, 1.82) is 0 Å². The van der Waals surface area contributed by atoms with E-state index in [-0.39, 0.29) is 5.56 Å². The zero-order valence-electron chi connectivity index (χ0n) is 17.4. The third-order valence-electron chi connectivity index (χ3n) is 4.73. The van der Waals surface area contributed by atoms with Crippen LogP contribution in [0.15, 0.2) is 84.2 Å². The molecule has 0 aliphatic rings. The Labute approximate surface area is 187 Å². The van der Waals surface area contributed by atoms with Gasteiger partial charge in [-0.05, 0) is 71.4 Å². The van der Waals surface area contributed by atoms with E-state index >= 15 is 0 Å². The smallest absolute Gasteiger partial charge is 0.271 e. The summed E-state index contributed by atoms with van der Waals surface area (Å²) in [5.74, 6) is -1.60. The van der Waals surface area contributed by atoms with Crippen LogP contribution in [0.1, 0.15) is 33.2 Å². The standard InChI is InChI=1S/C23H18FN7O2/c1-15(17-5-4-6-19(13-17)31-14-25-29-30-31)27-28-22(32)16-9-11-18(12-10-16)26-23(33)20-7-2-3-8-21(20)24/h2-14H,1H3,(H,26,33)(H,28,32)/b27-15+. The summed E-state index contributed by atoms with van der Waals surface area (Å²) < 4.78 is 15.3. The second-order valence-corrected chi connectivity index (χ2v) is 6.95. The van der Waals surface area contributed by atoms with Crippen LogP contribution in [-0.2, 0) is 0 Å². The fourth-order valence-electron chi connectivity index (χ4n) is 2.97. The van der Waals surface area contributed by atoms with Gasteiger partial charge in [0.2, 0.25) is 0 Å². The maximum Gasteiger partial charge on any atom is 0.271 e. The quantitative estimate of drug-likeness (QED) is 0.351. The van der Waals surface area contributed by atoms with Crippen LogP contribution in [0.4, 0.5) is 10.1 Å². The minimum absolute atomic E-state index is 0.0618. The van der Waals surface area contributed by atoms with Gasteiger partial charge in [-0.15, -0.1) is 5.10 Å². The predicted octanol–water partition coefficient (Wildman–Crippen LogP) is 3.21. The molecular formula is C23H18FN7O2. The van der Waals surface area contributed by atoms with Crippen LogP contribution < -0.4 is 10.7 Å². The molecule has 0 saturated heterocycles. The van der Waals surface area contributed by atoms with Gasteiger partial charge < -0.3 is 5.32 Å². The summed E-state index contributed by atoms with van der Waals surface area (Å²) in [6.07, 6.45) is 1.48. The normalized spacial score (nSPS) is 11.2. The number of hydrogen-bond acceptors (Lipinski definition) is 6. The third kappa shape index (κ3) is 5.13. The Morgan fingerprint density at radius 1 is 0.939 bits per heavy atom. The second-order valence-electron chi connectivity index (χ2n) is 6.95. The molecule has 0 radical (unpaired) electrons. The molecule has 0 fully saturated rings. The van der Waals surface area contributed by atoms with Crippen molar-refractivity contribution in [3.63, 3.8) is 0 Å². The van der Waals surface area contributed by atoms with E-state index in [1.54, 1.807) is 25.1 Å². The number of amides is 2. The molecule has 0 atom stereocenters. The molecule has 0 saturated carbocycles. The minimum atomic E-state index is -0.609. The summed E-state index contributed by atoms with van der Waals surface area (Å²) in [6.45, 7) is 1.76. The van der Waals surface area contributed by atoms with Crippen molar-refractivity contribution in [2.75, 3.05) is 5.32 Å². The van der Waals surface area contributed by atoms with Crippen LogP contribution in [-0.4, -0.2) is 37.7 Å². The summed E-state index contributed by atoms with van der Waals surface area (Å²) in [5, 5.41) is 17.8. The highest BCUT2D eigenvalue weighted by molar-refractivity contribution is 6.05. The van der Waals surface area contributed by atoms with E-state index in [0.29, 0.717) is 17.0 Å². The number of carbonyl (C=O) groups is 2. The number of rotatable bonds is 6. The number of nitrogens with zero attached hydrogens (tertiary/aromatic N) is 5. The highest BCUT2D eigenvalue weighted by Gasteiger charge is 2.12. The Kier molecular flexibility index (Phi) is 6.26. The van der Waals surface area contributed by atoms with Gasteiger partial charge in [0.1, 0.15) is 12.1 Å². The zero-order chi connectivity index (χ0) is 23.2. The molecule has 3 aromatic carbocycles. The van der Waals surface area contributed by atoms with Gasteiger partial charge in [-0.25, -0.2) is 14.5 Å². The van der Waals surface area contributed by atoms with Crippen molar-refractivity contribution in [3.05, 3.63) is 102 Å². The lowest BCUT2D eigenvalue weighted by Gasteiger charge is -2.08. The Hall–Kier alpha value is -4.73. The highest BCUT2D eigenvalue weighted by Crippen LogP contribution is 2.14. The lowest BCUT2D eigenvalue weighted by Crippen LogP contribution is -2.19. The molecule has 1 heterocycles. The minimum Gasteiger partial charge on any atom is -0.322 e. The molecule has 4 aromatic rings. The van der Waals surface area contributed by atoms with Gasteiger partial charge in [-0.1, -0.05) is 24.3 Å². The summed E-state index contributed by atoms with van der Waals surface area (Å²) in [5.41, 5.74) is 5.36. The number of aromatic nitrogens is 4. The van der Waals surface area contributed by atoms with Crippen molar-refractivity contribution in [2.24, 2.45) is 5.10 Å². The molecule has 0 aliphatic heterocycles. The second kappa shape index (κ2) is 9.60. The molecule has 0 spiro atoms. The van der Waals surface area contributed by atoms with Crippen LogP contribution in [0.5, 0.6) is 0 Å². The van der Waals surface area contributed by atoms with Crippen molar-refractivity contribution in [1.82, 2.24) is 25.6 Å². The zero-order valence-corrected chi connectivity index (χ0v) is 17.4. The molecule has 33 heavy (non-hydrogen) atoms. The largest absolute Gasteiger partial charge is 0.322 e. The van der Waals surface area contributed by atoms with Crippen molar-refractivity contribution < 1.29 is 14.0 Å². The first-order valence-corrected chi connectivity index (χ1v) is 9.85. The monoisotopic (exact) mass is 443 g/mol. The van der Waals surface area contributed by atoms with E-state index in [1.807, 2.05) is 24.3 Å². The lowest BCUT2D eigenvalue weighted by atomic mass is 10.1. The summed E-state index contributed by atoms with van der Waals surface area (Å²) in [6, 6.07) is 19.3. The van der Waals surface area contributed by atoms with E-state index in [4.69, 9.17) is 0 Å². The Morgan fingerprint density at radius 2 is 1.73 bits per heavy atom. The molecule has 164 valence electrons. The van der Waals surface area contributed by atoms with Crippen LogP contribution in [0.3, 0.4) is 0 Å². The summed E-state index contributed by atoms with van der Waals surface area (Å²) in [4.78, 5) is 24.7. The first-order valence-electron chi connectivity index (χ1n) is 9.85. The maximum absolute atomic E-state index is 13.7. The van der Waals surface area contributed by atoms with E-state index in [9.17, 15) is 14.0 Å². The number of anilines is 1. The van der Waals surface area contributed by atoms with Gasteiger partial charge in [0.05, 0.1) is 17.0 Å². The molecular weight excluding hydrogens is 425 g/mol. The number of hydrazone groups is 1. The van der Waals surface area contributed by atoms with Crippen LogP contribution in [0.2, 0.25) is 0 Å². The fourth-order valence-corrected chi connectivity index (χ4v) is 2.97. The van der Waals surface area contributed by atoms with Crippen molar-refractivity contribution >= 4 is 23.2 Å². The number of halogens is 1. The van der Waals surface area contributed by atoms with Gasteiger partial charge in [0.25, 0.3) is 11.8 Å². The predicted molar refractivity (Wildman–Crippen MR) is 120 cm³/mol. The lowest BCUT2D eigenvalue weighted by molar-refractivity contribution is 0.0954. The molecule has 9 nitrogen and oxygen atoms in total. The molecule has 4 rings (SSSR count). The molecule has 0 unspecified atom stereocenters. The molecule has 0 bridgehead atoms. The van der Waals surface area contributed by atoms with Gasteiger partial charge in [-0.3, -0.25) is 9.59 Å². The van der Waals surface area contributed by atoms with E-state index in [0.717, 1.165) is 11.3 Å². The third-order valence-corrected chi connectivity index (χ3v) is 4.73. The Balaban J connectivity index is 1.40. The first-order chi connectivity index (χ1) is 16.0. The number of tetrazole rings is 1. The number of nitrogens with one attached hydrogen (secondary N) is 2. The van der Waals surface area contributed by atoms with Gasteiger partial charge in [-0.2, -0.15) is 5.10 Å². The van der Waals surface area contributed by atoms with Crippen molar-refractivity contribution in [2.45, 2.75) is 6.92 Å². The Bertz CT molecular complexity index is 1320. The van der Waals surface area contributed by atoms with Gasteiger partial charge >= 0.3 is 0 Å². The Morgan fingerprint density at radius 3 is 2.45 bits per heavy atom. The maximum atomic E-state index is 13.7. The first kappa shape index (κ1) is 21.5. The number of benzene rings is 3. The average molecular weight is 443 g/mol. The van der Waals surface area contributed by atoms with Crippen LogP contribution in [0, 0.1) is 5.82 Å². The van der Waals surface area contributed by atoms with Gasteiger partial charge in [0, 0.05) is 11.3 Å². The molecule has 2 N–H and O–H groups in total. The number of hydrogen-bond donors (Lipinski definition) is 2. The van der Waals surface area contributed by atoms with Crippen LogP contribution in [0.25, 0.3) is 5.69 Å². The summed E-state index contributed by atoms with van der Waals surface area (Å²) in [7, 11) is 0. The fraction of sp³-hybridized carbons (Fsp3) is 0.0435. The SMILES string of the molecule is C/C(=N\NC(=O)c1ccc(NC(=O)c2ccccc2F)cc1)c1cccc(-n2cnnn2)c1. The molecule has 1 aromatic heterocycles. The highest BCUT2D eigenvalue weighted by atomic mass is 19.1. The van der Waals surface area contributed by atoms with Gasteiger partial charge in [0.15, 0.2) is 0 Å². The van der Waals surface area contributed by atoms with Crippen molar-refractivity contribution in [3.8, 4) is 5.69 Å². The van der Waals surface area contributed by atoms with Crippen LogP contribution >= 0.6 is 0 Å². The van der Waals surface area contributed by atoms with E-state index in [2.05, 4.69) is 31.4 Å². The number of carbonyl (C=O) groups excluding carboxylic acids is 2. The molecule has 10 heteroatoms. The summed E-state index contributed by atoms with van der Waals surface area (Å²) >= 11 is 0.